The Hall–Kier alpha value is -0.580. The van der Waals surface area contributed by atoms with Crippen LogP contribution in [0.4, 0.5) is 0 Å². The van der Waals surface area contributed by atoms with Crippen LogP contribution < -0.4 is 0 Å². The molecule has 0 N–H and O–H groups in total. The van der Waals surface area contributed by atoms with E-state index in [-0.39, 0.29) is 18.1 Å². The van der Waals surface area contributed by atoms with Crippen molar-refractivity contribution in [1.82, 2.24) is 4.90 Å². The fourth-order valence-electron chi connectivity index (χ4n) is 2.26. The van der Waals surface area contributed by atoms with Crippen molar-refractivity contribution in [3.63, 3.8) is 0 Å². The number of hydrogen-bond donors (Lipinski definition) is 0. The van der Waals surface area contributed by atoms with Crippen molar-refractivity contribution in [2.24, 2.45) is 0 Å². The van der Waals surface area contributed by atoms with E-state index in [4.69, 9.17) is 16.3 Å². The quantitative estimate of drug-likeness (QED) is 0.831. The van der Waals surface area contributed by atoms with Gasteiger partial charge in [-0.3, -0.25) is 4.79 Å². The molecule has 2 rings (SSSR count). The molecular formula is C13H15BrClNO2. The summed E-state index contributed by atoms with van der Waals surface area (Å²) in [7, 11) is 1.81. The van der Waals surface area contributed by atoms with E-state index >= 15 is 0 Å². The molecule has 1 heterocycles. The Balaban J connectivity index is 2.19. The first-order chi connectivity index (χ1) is 8.49. The lowest BCUT2D eigenvalue weighted by Crippen LogP contribution is -2.41. The monoisotopic (exact) mass is 331 g/mol. The molecule has 1 aliphatic rings. The fourth-order valence-corrected chi connectivity index (χ4v) is 3.12. The standard InChI is InChI=1S/C13H15BrClNO2/c1-8-12(3-4-18-8)16(2)13(17)9-5-10(14)7-11(15)6-9/h5-8,12H,3-4H2,1-2H3. The molecule has 1 aliphatic heterocycles. The first-order valence-electron chi connectivity index (χ1n) is 5.84. The first kappa shape index (κ1) is 13.8. The molecule has 2 unspecified atom stereocenters. The summed E-state index contributed by atoms with van der Waals surface area (Å²) < 4.78 is 6.30. The molecule has 0 saturated carbocycles. The number of halogens is 2. The maximum absolute atomic E-state index is 12.4. The molecule has 0 radical (unpaired) electrons. The molecule has 5 heteroatoms. The van der Waals surface area contributed by atoms with Crippen LogP contribution in [0.25, 0.3) is 0 Å². The zero-order valence-electron chi connectivity index (χ0n) is 10.3. The van der Waals surface area contributed by atoms with Crippen LogP contribution in [0.5, 0.6) is 0 Å². The fraction of sp³-hybridized carbons (Fsp3) is 0.462. The van der Waals surface area contributed by atoms with Crippen molar-refractivity contribution in [2.45, 2.75) is 25.5 Å². The van der Waals surface area contributed by atoms with Gasteiger partial charge in [0.25, 0.3) is 5.91 Å². The Bertz CT molecular complexity index is 446. The Morgan fingerprint density at radius 1 is 1.50 bits per heavy atom. The molecular weight excluding hydrogens is 318 g/mol. The van der Waals surface area contributed by atoms with Gasteiger partial charge >= 0.3 is 0 Å². The zero-order valence-corrected chi connectivity index (χ0v) is 12.7. The van der Waals surface area contributed by atoms with Crippen LogP contribution in [-0.2, 0) is 4.74 Å². The van der Waals surface area contributed by atoms with Crippen LogP contribution in [0.3, 0.4) is 0 Å². The Morgan fingerprint density at radius 2 is 2.22 bits per heavy atom. The van der Waals surface area contributed by atoms with E-state index in [0.717, 1.165) is 10.9 Å². The Morgan fingerprint density at radius 3 is 2.78 bits per heavy atom. The minimum atomic E-state index is -0.0273. The van der Waals surface area contributed by atoms with Gasteiger partial charge in [0.05, 0.1) is 12.1 Å². The molecule has 1 fully saturated rings. The summed E-state index contributed by atoms with van der Waals surface area (Å²) in [5.41, 5.74) is 0.593. The summed E-state index contributed by atoms with van der Waals surface area (Å²) in [4.78, 5) is 14.1. The maximum atomic E-state index is 12.4. The normalized spacial score (nSPS) is 23.1. The number of carbonyl (C=O) groups is 1. The van der Waals surface area contributed by atoms with Crippen LogP contribution >= 0.6 is 27.5 Å². The van der Waals surface area contributed by atoms with E-state index in [2.05, 4.69) is 15.9 Å². The molecule has 0 aliphatic carbocycles. The van der Waals surface area contributed by atoms with Crippen molar-refractivity contribution in [3.8, 4) is 0 Å². The van der Waals surface area contributed by atoms with Gasteiger partial charge < -0.3 is 9.64 Å². The number of carbonyl (C=O) groups excluding carboxylic acids is 1. The second kappa shape index (κ2) is 5.59. The van der Waals surface area contributed by atoms with E-state index < -0.39 is 0 Å². The molecule has 1 aromatic carbocycles. The molecule has 0 aromatic heterocycles. The van der Waals surface area contributed by atoms with E-state index in [9.17, 15) is 4.79 Å². The second-order valence-electron chi connectivity index (χ2n) is 4.51. The highest BCUT2D eigenvalue weighted by Crippen LogP contribution is 2.23. The number of amides is 1. The number of benzene rings is 1. The van der Waals surface area contributed by atoms with Crippen molar-refractivity contribution in [1.29, 1.82) is 0 Å². The predicted octanol–water partition coefficient (Wildman–Crippen LogP) is 3.35. The number of likely N-dealkylation sites (N-methyl/N-ethyl adjacent to an activating group) is 1. The van der Waals surface area contributed by atoms with Gasteiger partial charge in [0, 0.05) is 28.7 Å². The molecule has 98 valence electrons. The van der Waals surface area contributed by atoms with Gasteiger partial charge in [-0.25, -0.2) is 0 Å². The van der Waals surface area contributed by atoms with Crippen LogP contribution in [-0.4, -0.2) is 36.6 Å². The van der Waals surface area contributed by atoms with Crippen molar-refractivity contribution in [3.05, 3.63) is 33.3 Å². The van der Waals surface area contributed by atoms with Gasteiger partial charge in [0.2, 0.25) is 0 Å². The lowest BCUT2D eigenvalue weighted by atomic mass is 10.1. The third kappa shape index (κ3) is 2.87. The molecule has 3 nitrogen and oxygen atoms in total. The lowest BCUT2D eigenvalue weighted by Gasteiger charge is -2.27. The molecule has 2 atom stereocenters. The molecule has 0 spiro atoms. The van der Waals surface area contributed by atoms with E-state index in [1.165, 1.54) is 0 Å². The highest BCUT2D eigenvalue weighted by Gasteiger charge is 2.31. The average molecular weight is 333 g/mol. The Kier molecular flexibility index (Phi) is 4.30. The number of rotatable bonds is 2. The smallest absolute Gasteiger partial charge is 0.254 e. The van der Waals surface area contributed by atoms with E-state index in [1.807, 2.05) is 14.0 Å². The van der Waals surface area contributed by atoms with Gasteiger partial charge in [-0.05, 0) is 31.5 Å². The number of ether oxygens (including phenoxy) is 1. The van der Waals surface area contributed by atoms with Crippen LogP contribution in [0.2, 0.25) is 5.02 Å². The molecule has 18 heavy (non-hydrogen) atoms. The van der Waals surface area contributed by atoms with Gasteiger partial charge in [-0.2, -0.15) is 0 Å². The zero-order chi connectivity index (χ0) is 13.3. The highest BCUT2D eigenvalue weighted by atomic mass is 79.9. The second-order valence-corrected chi connectivity index (χ2v) is 5.86. The van der Waals surface area contributed by atoms with Crippen LogP contribution in [0.1, 0.15) is 23.7 Å². The highest BCUT2D eigenvalue weighted by molar-refractivity contribution is 9.10. The van der Waals surface area contributed by atoms with Crippen LogP contribution in [0.15, 0.2) is 22.7 Å². The van der Waals surface area contributed by atoms with Gasteiger partial charge in [-0.15, -0.1) is 0 Å². The summed E-state index contributed by atoms with van der Waals surface area (Å²) in [6.07, 6.45) is 0.965. The van der Waals surface area contributed by atoms with Crippen molar-refractivity contribution < 1.29 is 9.53 Å². The van der Waals surface area contributed by atoms with Gasteiger partial charge in [0.1, 0.15) is 0 Å². The number of hydrogen-bond acceptors (Lipinski definition) is 2. The summed E-state index contributed by atoms with van der Waals surface area (Å²) >= 11 is 9.31. The summed E-state index contributed by atoms with van der Waals surface area (Å²) in [5, 5.41) is 0.553. The third-order valence-electron chi connectivity index (χ3n) is 3.26. The Labute approximate surface area is 120 Å². The topological polar surface area (TPSA) is 29.5 Å². The summed E-state index contributed by atoms with van der Waals surface area (Å²) in [6.45, 7) is 2.71. The first-order valence-corrected chi connectivity index (χ1v) is 7.01. The lowest BCUT2D eigenvalue weighted by molar-refractivity contribution is 0.0574. The summed E-state index contributed by atoms with van der Waals surface area (Å²) in [5.74, 6) is -0.0273. The van der Waals surface area contributed by atoms with E-state index in [0.29, 0.717) is 17.2 Å². The molecule has 1 saturated heterocycles. The molecule has 1 aromatic rings. The van der Waals surface area contributed by atoms with Crippen molar-refractivity contribution in [2.75, 3.05) is 13.7 Å². The largest absolute Gasteiger partial charge is 0.376 e. The number of nitrogens with zero attached hydrogens (tertiary/aromatic N) is 1. The van der Waals surface area contributed by atoms with Crippen molar-refractivity contribution >= 4 is 33.4 Å². The third-order valence-corrected chi connectivity index (χ3v) is 3.94. The maximum Gasteiger partial charge on any atom is 0.254 e. The van der Waals surface area contributed by atoms with Gasteiger partial charge in [0.15, 0.2) is 0 Å². The minimum Gasteiger partial charge on any atom is -0.376 e. The van der Waals surface area contributed by atoms with Gasteiger partial charge in [-0.1, -0.05) is 27.5 Å². The molecule has 0 bridgehead atoms. The van der Waals surface area contributed by atoms with Crippen LogP contribution in [0, 0.1) is 0 Å². The summed E-state index contributed by atoms with van der Waals surface area (Å²) in [6, 6.07) is 5.37. The predicted molar refractivity (Wildman–Crippen MR) is 75.1 cm³/mol. The molecule has 1 amide bonds. The average Bonchev–Trinajstić information content (AvgIpc) is 2.72. The SMILES string of the molecule is CC1OCCC1N(C)C(=O)c1cc(Cl)cc(Br)c1. The van der Waals surface area contributed by atoms with E-state index in [1.54, 1.807) is 23.1 Å². The minimum absolute atomic E-state index is 0.0273.